The number of hydrogen-bond acceptors (Lipinski definition) is 5. The van der Waals surface area contributed by atoms with Gasteiger partial charge in [-0.1, -0.05) is 33.6 Å². The van der Waals surface area contributed by atoms with Gasteiger partial charge in [-0.05, 0) is 42.5 Å². The Labute approximate surface area is 162 Å². The molecule has 0 radical (unpaired) electrons. The highest BCUT2D eigenvalue weighted by molar-refractivity contribution is 9.10. The van der Waals surface area contributed by atoms with Gasteiger partial charge >= 0.3 is 0 Å². The van der Waals surface area contributed by atoms with Crippen LogP contribution in [0.4, 0.5) is 0 Å². The van der Waals surface area contributed by atoms with E-state index in [4.69, 9.17) is 16.0 Å². The highest BCUT2D eigenvalue weighted by Gasteiger charge is 2.10. The molecule has 1 aromatic heterocycles. The average Bonchev–Trinajstić information content (AvgIpc) is 3.08. The van der Waals surface area contributed by atoms with E-state index in [1.165, 1.54) is 11.8 Å². The van der Waals surface area contributed by atoms with Crippen LogP contribution in [-0.4, -0.2) is 21.9 Å². The molecule has 1 N–H and O–H groups in total. The van der Waals surface area contributed by atoms with Crippen LogP contribution in [0.3, 0.4) is 0 Å². The van der Waals surface area contributed by atoms with Crippen LogP contribution >= 0.6 is 39.3 Å². The average molecular weight is 439 g/mol. The summed E-state index contributed by atoms with van der Waals surface area (Å²) in [5.41, 5.74) is 0.817. The lowest BCUT2D eigenvalue weighted by Crippen LogP contribution is -2.24. The van der Waals surface area contributed by atoms with Crippen LogP contribution < -0.4 is 5.32 Å². The zero-order valence-electron chi connectivity index (χ0n) is 12.9. The Morgan fingerprint density at radius 2 is 2.00 bits per heavy atom. The molecule has 8 heteroatoms. The summed E-state index contributed by atoms with van der Waals surface area (Å²) in [6, 6.07) is 14.9. The summed E-state index contributed by atoms with van der Waals surface area (Å²) in [5, 5.41) is 11.4. The first-order valence-corrected chi connectivity index (χ1v) is 9.49. The van der Waals surface area contributed by atoms with Crippen LogP contribution in [-0.2, 0) is 11.3 Å². The monoisotopic (exact) mass is 437 g/mol. The van der Waals surface area contributed by atoms with Gasteiger partial charge in [-0.2, -0.15) is 0 Å². The lowest BCUT2D eigenvalue weighted by atomic mass is 10.2. The highest BCUT2D eigenvalue weighted by Crippen LogP contribution is 2.22. The van der Waals surface area contributed by atoms with Crippen LogP contribution in [0.5, 0.6) is 0 Å². The molecule has 0 fully saturated rings. The minimum Gasteiger partial charge on any atom is -0.419 e. The standard InChI is InChI=1S/C17H13BrClN3O2S/c18-12-3-1-2-11(8-12)17-22-21-16(24-17)9-20-15(23)10-25-14-6-4-13(19)5-7-14/h1-8H,9-10H2,(H,20,23). The summed E-state index contributed by atoms with van der Waals surface area (Å²) < 4.78 is 6.50. The maximum Gasteiger partial charge on any atom is 0.247 e. The molecule has 3 rings (SSSR count). The van der Waals surface area contributed by atoms with Crippen LogP contribution in [0, 0.1) is 0 Å². The van der Waals surface area contributed by atoms with Crippen molar-refractivity contribution in [1.82, 2.24) is 15.5 Å². The summed E-state index contributed by atoms with van der Waals surface area (Å²) >= 11 is 10.7. The van der Waals surface area contributed by atoms with E-state index in [1.807, 2.05) is 36.4 Å². The van der Waals surface area contributed by atoms with Crippen molar-refractivity contribution < 1.29 is 9.21 Å². The number of nitrogens with zero attached hydrogens (tertiary/aromatic N) is 2. The Bertz CT molecular complexity index is 870. The van der Waals surface area contributed by atoms with E-state index >= 15 is 0 Å². The number of hydrogen-bond donors (Lipinski definition) is 1. The topological polar surface area (TPSA) is 68.0 Å². The van der Waals surface area contributed by atoms with Gasteiger partial charge in [-0.15, -0.1) is 22.0 Å². The number of carbonyl (C=O) groups excluding carboxylic acids is 1. The third-order valence-corrected chi connectivity index (χ3v) is 4.92. The lowest BCUT2D eigenvalue weighted by molar-refractivity contribution is -0.118. The molecular formula is C17H13BrClN3O2S. The largest absolute Gasteiger partial charge is 0.419 e. The molecule has 0 aliphatic heterocycles. The molecule has 3 aromatic rings. The van der Waals surface area contributed by atoms with Crippen LogP contribution in [0.1, 0.15) is 5.89 Å². The van der Waals surface area contributed by atoms with Gasteiger partial charge in [0, 0.05) is 20.0 Å². The van der Waals surface area contributed by atoms with E-state index in [2.05, 4.69) is 31.4 Å². The number of halogens is 2. The molecule has 25 heavy (non-hydrogen) atoms. The number of thioether (sulfide) groups is 1. The summed E-state index contributed by atoms with van der Waals surface area (Å²) in [4.78, 5) is 12.9. The second kappa shape index (κ2) is 8.51. The second-order valence-corrected chi connectivity index (χ2v) is 7.43. The summed E-state index contributed by atoms with van der Waals surface area (Å²) in [5.74, 6) is 0.969. The van der Waals surface area contributed by atoms with Gasteiger partial charge < -0.3 is 9.73 Å². The molecule has 0 aliphatic carbocycles. The van der Waals surface area contributed by atoms with E-state index < -0.39 is 0 Å². The summed E-state index contributed by atoms with van der Waals surface area (Å²) in [6.45, 7) is 0.195. The molecule has 2 aromatic carbocycles. The maximum absolute atomic E-state index is 11.9. The SMILES string of the molecule is O=C(CSc1ccc(Cl)cc1)NCc1nnc(-c2cccc(Br)c2)o1. The molecule has 128 valence electrons. The van der Waals surface area contributed by atoms with Gasteiger partial charge in [0.05, 0.1) is 12.3 Å². The Kier molecular flexibility index (Phi) is 6.12. The predicted octanol–water partition coefficient (Wildman–Crippen LogP) is 4.56. The van der Waals surface area contributed by atoms with Crippen molar-refractivity contribution in [3.8, 4) is 11.5 Å². The fourth-order valence-corrected chi connectivity index (χ4v) is 3.22. The number of aromatic nitrogens is 2. The molecule has 0 aliphatic rings. The number of amides is 1. The number of rotatable bonds is 6. The number of benzene rings is 2. The lowest BCUT2D eigenvalue weighted by Gasteiger charge is -2.03. The van der Waals surface area contributed by atoms with Crippen molar-refractivity contribution in [2.24, 2.45) is 0 Å². The van der Waals surface area contributed by atoms with E-state index in [9.17, 15) is 4.79 Å². The molecule has 0 bridgehead atoms. The smallest absolute Gasteiger partial charge is 0.247 e. The summed E-state index contributed by atoms with van der Waals surface area (Å²) in [7, 11) is 0. The highest BCUT2D eigenvalue weighted by atomic mass is 79.9. The van der Waals surface area contributed by atoms with Crippen molar-refractivity contribution in [2.75, 3.05) is 5.75 Å². The van der Waals surface area contributed by atoms with E-state index in [0.717, 1.165) is 14.9 Å². The minimum atomic E-state index is -0.109. The minimum absolute atomic E-state index is 0.109. The zero-order chi connectivity index (χ0) is 17.6. The van der Waals surface area contributed by atoms with E-state index in [0.29, 0.717) is 22.6 Å². The molecule has 1 amide bonds. The molecule has 0 atom stereocenters. The van der Waals surface area contributed by atoms with Gasteiger partial charge in [0.2, 0.25) is 17.7 Å². The molecular weight excluding hydrogens is 426 g/mol. The summed E-state index contributed by atoms with van der Waals surface area (Å²) in [6.07, 6.45) is 0. The fourth-order valence-electron chi connectivity index (χ4n) is 1.97. The molecule has 0 unspecified atom stereocenters. The Hall–Kier alpha value is -1.83. The molecule has 1 heterocycles. The van der Waals surface area contributed by atoms with Crippen LogP contribution in [0.25, 0.3) is 11.5 Å². The normalized spacial score (nSPS) is 10.6. The van der Waals surface area contributed by atoms with Gasteiger partial charge in [0.25, 0.3) is 0 Å². The number of nitrogens with one attached hydrogen (secondary N) is 1. The van der Waals surface area contributed by atoms with Crippen molar-refractivity contribution >= 4 is 45.2 Å². The van der Waals surface area contributed by atoms with Crippen molar-refractivity contribution in [1.29, 1.82) is 0 Å². The van der Waals surface area contributed by atoms with Gasteiger partial charge in [0.15, 0.2) is 0 Å². The van der Waals surface area contributed by atoms with Crippen LogP contribution in [0.15, 0.2) is 62.3 Å². The molecule has 5 nitrogen and oxygen atoms in total. The van der Waals surface area contributed by atoms with Crippen molar-refractivity contribution in [3.05, 3.63) is 63.9 Å². The Morgan fingerprint density at radius 3 is 2.76 bits per heavy atom. The Morgan fingerprint density at radius 1 is 1.20 bits per heavy atom. The van der Waals surface area contributed by atoms with Crippen molar-refractivity contribution in [2.45, 2.75) is 11.4 Å². The Balaban J connectivity index is 1.50. The molecule has 0 saturated carbocycles. The third-order valence-electron chi connectivity index (χ3n) is 3.16. The second-order valence-electron chi connectivity index (χ2n) is 5.03. The number of carbonyl (C=O) groups is 1. The van der Waals surface area contributed by atoms with E-state index in [-0.39, 0.29) is 12.5 Å². The quantitative estimate of drug-likeness (QED) is 0.571. The predicted molar refractivity (Wildman–Crippen MR) is 101 cm³/mol. The zero-order valence-corrected chi connectivity index (χ0v) is 16.1. The molecule has 0 spiro atoms. The molecule has 0 saturated heterocycles. The fraction of sp³-hybridized carbons (Fsp3) is 0.118. The maximum atomic E-state index is 11.9. The van der Waals surface area contributed by atoms with Gasteiger partial charge in [-0.3, -0.25) is 4.79 Å². The third kappa shape index (κ3) is 5.32. The first-order valence-electron chi connectivity index (χ1n) is 7.33. The van der Waals surface area contributed by atoms with Gasteiger partial charge in [0.1, 0.15) is 0 Å². The van der Waals surface area contributed by atoms with E-state index in [1.54, 1.807) is 12.1 Å². The first-order chi connectivity index (χ1) is 12.1. The van der Waals surface area contributed by atoms with Crippen molar-refractivity contribution in [3.63, 3.8) is 0 Å². The first kappa shape index (κ1) is 18.0. The van der Waals surface area contributed by atoms with Crippen LogP contribution in [0.2, 0.25) is 5.02 Å². The van der Waals surface area contributed by atoms with Gasteiger partial charge in [-0.25, -0.2) is 0 Å².